The van der Waals surface area contributed by atoms with Crippen molar-refractivity contribution < 1.29 is 4.74 Å². The number of nitrogens with zero attached hydrogens (tertiary/aromatic N) is 1. The van der Waals surface area contributed by atoms with Crippen LogP contribution in [-0.2, 0) is 21.7 Å². The number of rotatable bonds is 3. The quantitative estimate of drug-likeness (QED) is 0.175. The van der Waals surface area contributed by atoms with Crippen molar-refractivity contribution in [1.82, 2.24) is 0 Å². The van der Waals surface area contributed by atoms with Gasteiger partial charge in [0.1, 0.15) is 11.5 Å². The molecule has 0 saturated carbocycles. The molecule has 10 aromatic rings. The molecule has 0 saturated heterocycles. The molecule has 2 aliphatic heterocycles. The van der Waals surface area contributed by atoms with Crippen molar-refractivity contribution in [1.29, 1.82) is 0 Å². The summed E-state index contributed by atoms with van der Waals surface area (Å²) in [6.45, 7) is 13.9. The fourth-order valence-electron chi connectivity index (χ4n) is 12.9. The van der Waals surface area contributed by atoms with E-state index in [1.165, 1.54) is 98.5 Å². The van der Waals surface area contributed by atoms with Crippen molar-refractivity contribution in [3.63, 3.8) is 0 Å². The minimum Gasteiger partial charge on any atom is -0.457 e. The third-order valence-electron chi connectivity index (χ3n) is 16.1. The topological polar surface area (TPSA) is 12.5 Å². The van der Waals surface area contributed by atoms with Crippen molar-refractivity contribution in [2.75, 3.05) is 4.90 Å². The van der Waals surface area contributed by atoms with Gasteiger partial charge in [-0.3, -0.25) is 0 Å². The zero-order chi connectivity index (χ0) is 48.0. The Balaban J connectivity index is 1.10. The lowest BCUT2D eigenvalue weighted by Gasteiger charge is -2.41. The molecule has 342 valence electrons. The van der Waals surface area contributed by atoms with Gasteiger partial charge >= 0.3 is 0 Å². The van der Waals surface area contributed by atoms with Crippen LogP contribution in [0.2, 0.25) is 0 Å². The third-order valence-corrected chi connectivity index (χ3v) is 17.3. The summed E-state index contributed by atoms with van der Waals surface area (Å²) in [7, 11) is 0. The molecule has 2 aliphatic carbocycles. The molecule has 0 fully saturated rings. The van der Waals surface area contributed by atoms with Gasteiger partial charge in [-0.1, -0.05) is 205 Å². The Morgan fingerprint density at radius 2 is 0.873 bits per heavy atom. The molecular weight excluding hydrogens is 879 g/mol. The van der Waals surface area contributed by atoms with Crippen LogP contribution >= 0.6 is 11.8 Å². The molecule has 3 heteroatoms. The third kappa shape index (κ3) is 5.79. The lowest BCUT2D eigenvalue weighted by molar-refractivity contribution is 0.433. The first-order valence-corrected chi connectivity index (χ1v) is 25.9. The molecule has 2 nitrogen and oxygen atoms in total. The van der Waals surface area contributed by atoms with E-state index in [4.69, 9.17) is 4.74 Å². The number of ether oxygens (including phenoxy) is 1. The summed E-state index contributed by atoms with van der Waals surface area (Å²) < 4.78 is 7.06. The minimum absolute atomic E-state index is 0.0830. The van der Waals surface area contributed by atoms with E-state index in [2.05, 4.69) is 259 Å². The predicted molar refractivity (Wildman–Crippen MR) is 295 cm³/mol. The molecule has 71 heavy (non-hydrogen) atoms. The molecule has 0 bridgehead atoms. The van der Waals surface area contributed by atoms with Gasteiger partial charge in [-0.05, 0) is 138 Å². The fraction of sp³-hybridized carbons (Fsp3) is 0.147. The maximum absolute atomic E-state index is 7.06. The fourth-order valence-corrected chi connectivity index (χ4v) is 14.1. The number of benzene rings is 10. The SMILES string of the molecule is CC(C)(C)c1ccc2c(c1)C1(c3cc(C(C)(C)C)ccc3O2)c2ccccc2-c2c(N(c3ccc4c(c3)C3(c5ccccc5Sc5ccccc53)c3ccccc3-4)c3cccc4ccccc34)cccc21. The number of fused-ring (bicyclic) bond motifs is 19. The Morgan fingerprint density at radius 3 is 1.54 bits per heavy atom. The summed E-state index contributed by atoms with van der Waals surface area (Å²) in [5.74, 6) is 1.81. The zero-order valence-electron chi connectivity index (χ0n) is 41.0. The normalized spacial score (nSPS) is 14.9. The number of hydrogen-bond donors (Lipinski definition) is 0. The second-order valence-corrected chi connectivity index (χ2v) is 23.1. The van der Waals surface area contributed by atoms with Crippen molar-refractivity contribution >= 4 is 39.6 Å². The summed E-state index contributed by atoms with van der Waals surface area (Å²) >= 11 is 1.89. The van der Waals surface area contributed by atoms with Gasteiger partial charge in [0, 0.05) is 37.6 Å². The molecule has 0 N–H and O–H groups in total. The average molecular weight is 932 g/mol. The van der Waals surface area contributed by atoms with Crippen LogP contribution in [0.1, 0.15) is 97.2 Å². The Morgan fingerprint density at radius 1 is 0.380 bits per heavy atom. The Labute approximate surface area is 421 Å². The summed E-state index contributed by atoms with van der Waals surface area (Å²) in [6, 6.07) is 80.6. The van der Waals surface area contributed by atoms with Crippen molar-refractivity contribution in [2.45, 2.75) is 73.0 Å². The van der Waals surface area contributed by atoms with E-state index < -0.39 is 10.8 Å². The summed E-state index contributed by atoms with van der Waals surface area (Å²) in [4.78, 5) is 5.19. The summed E-state index contributed by atoms with van der Waals surface area (Å²) in [5, 5.41) is 2.40. The van der Waals surface area contributed by atoms with Gasteiger partial charge in [0.05, 0.1) is 22.2 Å². The number of hydrogen-bond acceptors (Lipinski definition) is 3. The molecule has 0 amide bonds. The van der Waals surface area contributed by atoms with Crippen LogP contribution in [0.15, 0.2) is 222 Å². The predicted octanol–water partition coefficient (Wildman–Crippen LogP) is 18.2. The van der Waals surface area contributed by atoms with Gasteiger partial charge < -0.3 is 9.64 Å². The van der Waals surface area contributed by atoms with Gasteiger partial charge in [0.25, 0.3) is 0 Å². The summed E-state index contributed by atoms with van der Waals surface area (Å²) in [5.41, 5.74) is 19.9. The highest BCUT2D eigenvalue weighted by Gasteiger charge is 2.54. The molecule has 0 atom stereocenters. The second kappa shape index (κ2) is 15.0. The van der Waals surface area contributed by atoms with E-state index in [0.29, 0.717) is 0 Å². The van der Waals surface area contributed by atoms with Crippen molar-refractivity contribution in [2.24, 2.45) is 0 Å². The molecule has 4 aliphatic rings. The lowest BCUT2D eigenvalue weighted by Crippen LogP contribution is -2.33. The van der Waals surface area contributed by atoms with Crippen LogP contribution in [0.5, 0.6) is 11.5 Å². The molecular formula is C68H53NOS. The molecule has 10 aromatic carbocycles. The summed E-state index contributed by atoms with van der Waals surface area (Å²) in [6.07, 6.45) is 0. The Kier molecular flexibility index (Phi) is 8.92. The van der Waals surface area contributed by atoms with E-state index in [9.17, 15) is 0 Å². The van der Waals surface area contributed by atoms with Gasteiger partial charge in [-0.15, -0.1) is 0 Å². The maximum Gasteiger partial charge on any atom is 0.132 e. The first-order valence-electron chi connectivity index (χ1n) is 25.1. The van der Waals surface area contributed by atoms with E-state index >= 15 is 0 Å². The van der Waals surface area contributed by atoms with Gasteiger partial charge in [0.15, 0.2) is 0 Å². The van der Waals surface area contributed by atoms with E-state index in [0.717, 1.165) is 28.6 Å². The van der Waals surface area contributed by atoms with Gasteiger partial charge in [-0.25, -0.2) is 0 Å². The van der Waals surface area contributed by atoms with Crippen LogP contribution in [-0.4, -0.2) is 0 Å². The van der Waals surface area contributed by atoms with Crippen molar-refractivity contribution in [3.05, 3.63) is 268 Å². The molecule has 0 unspecified atom stereocenters. The largest absolute Gasteiger partial charge is 0.457 e. The van der Waals surface area contributed by atoms with Crippen molar-refractivity contribution in [3.8, 4) is 33.8 Å². The lowest BCUT2D eigenvalue weighted by atomic mass is 9.64. The highest BCUT2D eigenvalue weighted by Crippen LogP contribution is 2.66. The highest BCUT2D eigenvalue weighted by molar-refractivity contribution is 7.99. The molecule has 2 heterocycles. The molecule has 14 rings (SSSR count). The van der Waals surface area contributed by atoms with E-state index in [-0.39, 0.29) is 10.8 Å². The zero-order valence-corrected chi connectivity index (χ0v) is 41.8. The molecule has 2 spiro atoms. The average Bonchev–Trinajstić information content (AvgIpc) is 3.84. The standard InChI is InChI=1S/C68H53NOS/c1-65(2,3)43-33-37-60-56(39-43)68(57-40-44(66(4,5)6)34-38-61(57)70-60)51-25-12-10-23-49(51)64-54(68)28-18-30-59(64)69(58-29-17-20-42-19-7-8-21-46(42)58)45-35-36-48-47-22-9-11-24-50(47)67(55(48)41-45)52-26-13-15-31-62(52)71-63-32-16-14-27-53(63)67/h7-41H,1-6H3. The minimum atomic E-state index is -0.672. The van der Waals surface area contributed by atoms with E-state index in [1.54, 1.807) is 0 Å². The van der Waals surface area contributed by atoms with Crippen LogP contribution in [0.25, 0.3) is 33.0 Å². The highest BCUT2D eigenvalue weighted by atomic mass is 32.2. The Hall–Kier alpha value is -7.59. The smallest absolute Gasteiger partial charge is 0.132 e. The van der Waals surface area contributed by atoms with Crippen LogP contribution in [0.4, 0.5) is 17.1 Å². The second-order valence-electron chi connectivity index (χ2n) is 22.0. The Bertz CT molecular complexity index is 3770. The van der Waals surface area contributed by atoms with Crippen LogP contribution in [0, 0.1) is 0 Å². The van der Waals surface area contributed by atoms with E-state index in [1.807, 2.05) is 11.8 Å². The first-order chi connectivity index (χ1) is 34.5. The molecule has 0 radical (unpaired) electrons. The van der Waals surface area contributed by atoms with Crippen LogP contribution < -0.4 is 9.64 Å². The molecule has 0 aromatic heterocycles. The number of anilines is 3. The van der Waals surface area contributed by atoms with Gasteiger partial charge in [-0.2, -0.15) is 0 Å². The monoisotopic (exact) mass is 931 g/mol. The van der Waals surface area contributed by atoms with Crippen LogP contribution in [0.3, 0.4) is 0 Å². The maximum atomic E-state index is 7.06. The van der Waals surface area contributed by atoms with Gasteiger partial charge in [0.2, 0.25) is 0 Å². The first kappa shape index (κ1) is 42.3.